The van der Waals surface area contributed by atoms with E-state index in [2.05, 4.69) is 6.07 Å². The summed E-state index contributed by atoms with van der Waals surface area (Å²) in [6, 6.07) is 7.98. The first-order chi connectivity index (χ1) is 8.09. The summed E-state index contributed by atoms with van der Waals surface area (Å²) in [4.78, 5) is 1.15. The van der Waals surface area contributed by atoms with Crippen LogP contribution in [-0.4, -0.2) is 30.1 Å². The first kappa shape index (κ1) is 14.4. The van der Waals surface area contributed by atoms with Crippen LogP contribution in [0.15, 0.2) is 29.2 Å². The number of aliphatic hydroxyl groups excluding tert-OH is 1. The lowest BCUT2D eigenvalue weighted by Crippen LogP contribution is -2.40. The zero-order valence-corrected chi connectivity index (χ0v) is 11.3. The van der Waals surface area contributed by atoms with Gasteiger partial charge in [-0.05, 0) is 37.7 Å². The van der Waals surface area contributed by atoms with Gasteiger partial charge >= 0.3 is 0 Å². The molecular formula is C13H21NO2S. The van der Waals surface area contributed by atoms with E-state index in [-0.39, 0.29) is 6.61 Å². The van der Waals surface area contributed by atoms with E-state index in [1.807, 2.05) is 25.1 Å². The van der Waals surface area contributed by atoms with Crippen LogP contribution < -0.4 is 10.5 Å². The van der Waals surface area contributed by atoms with Crippen LogP contribution in [0.4, 0.5) is 0 Å². The molecule has 96 valence electrons. The molecule has 17 heavy (non-hydrogen) atoms. The Kier molecular flexibility index (Phi) is 5.82. The number of thioether (sulfide) groups is 1. The van der Waals surface area contributed by atoms with Crippen LogP contribution in [-0.2, 0) is 0 Å². The number of hydrogen-bond donors (Lipinski definition) is 2. The fourth-order valence-corrected chi connectivity index (χ4v) is 2.45. The van der Waals surface area contributed by atoms with Crippen molar-refractivity contribution < 1.29 is 9.84 Å². The lowest BCUT2D eigenvalue weighted by molar-refractivity contribution is 0.200. The number of aliphatic hydroxyl groups is 1. The van der Waals surface area contributed by atoms with Gasteiger partial charge in [0.2, 0.25) is 0 Å². The molecule has 0 heterocycles. The molecule has 0 aliphatic carbocycles. The fraction of sp³-hybridized carbons (Fsp3) is 0.538. The molecule has 1 unspecified atom stereocenters. The Hall–Kier alpha value is -0.710. The standard InChI is InChI=1S/C13H21NO2S/c1-13(14,10-15)8-5-9-17-12-7-4-3-6-11(12)16-2/h3-4,6-7,15H,5,8-10,14H2,1-2H3. The summed E-state index contributed by atoms with van der Waals surface area (Å²) in [6.45, 7) is 1.91. The van der Waals surface area contributed by atoms with Crippen molar-refractivity contribution in [2.24, 2.45) is 5.73 Å². The maximum absolute atomic E-state index is 9.04. The molecule has 0 amide bonds. The van der Waals surface area contributed by atoms with E-state index in [4.69, 9.17) is 15.6 Å². The largest absolute Gasteiger partial charge is 0.496 e. The average Bonchev–Trinajstić information content (AvgIpc) is 2.35. The quantitative estimate of drug-likeness (QED) is 0.580. The Morgan fingerprint density at radius 1 is 1.41 bits per heavy atom. The topological polar surface area (TPSA) is 55.5 Å². The van der Waals surface area contributed by atoms with Crippen molar-refractivity contribution in [1.82, 2.24) is 0 Å². The summed E-state index contributed by atoms with van der Waals surface area (Å²) < 4.78 is 5.28. The molecule has 0 bridgehead atoms. The van der Waals surface area contributed by atoms with Gasteiger partial charge in [-0.25, -0.2) is 0 Å². The van der Waals surface area contributed by atoms with E-state index in [1.165, 1.54) is 0 Å². The Bertz CT molecular complexity index is 342. The van der Waals surface area contributed by atoms with Crippen molar-refractivity contribution in [3.05, 3.63) is 24.3 Å². The minimum atomic E-state index is -0.457. The Morgan fingerprint density at radius 3 is 2.76 bits per heavy atom. The van der Waals surface area contributed by atoms with Crippen molar-refractivity contribution in [1.29, 1.82) is 0 Å². The van der Waals surface area contributed by atoms with Gasteiger partial charge in [0.05, 0.1) is 13.7 Å². The number of methoxy groups -OCH3 is 1. The second-order valence-corrected chi connectivity index (χ2v) is 5.55. The molecule has 3 N–H and O–H groups in total. The second-order valence-electron chi connectivity index (χ2n) is 4.42. The molecule has 4 heteroatoms. The number of benzene rings is 1. The van der Waals surface area contributed by atoms with E-state index >= 15 is 0 Å². The van der Waals surface area contributed by atoms with E-state index in [0.29, 0.717) is 0 Å². The molecule has 0 aliphatic heterocycles. The Balaban J connectivity index is 2.36. The molecule has 1 rings (SSSR count). The van der Waals surface area contributed by atoms with Crippen LogP contribution in [0.2, 0.25) is 0 Å². The highest BCUT2D eigenvalue weighted by Gasteiger charge is 2.16. The van der Waals surface area contributed by atoms with Crippen LogP contribution in [0.3, 0.4) is 0 Å². The van der Waals surface area contributed by atoms with Crippen molar-refractivity contribution in [2.75, 3.05) is 19.5 Å². The molecule has 0 radical (unpaired) electrons. The minimum absolute atomic E-state index is 0.0341. The van der Waals surface area contributed by atoms with Gasteiger partial charge in [0.25, 0.3) is 0 Å². The summed E-state index contributed by atoms with van der Waals surface area (Å²) in [7, 11) is 1.68. The van der Waals surface area contributed by atoms with Crippen molar-refractivity contribution in [3.63, 3.8) is 0 Å². The summed E-state index contributed by atoms with van der Waals surface area (Å²) >= 11 is 1.76. The molecule has 1 aromatic carbocycles. The van der Waals surface area contributed by atoms with Crippen LogP contribution in [0.25, 0.3) is 0 Å². The molecule has 0 spiro atoms. The monoisotopic (exact) mass is 255 g/mol. The minimum Gasteiger partial charge on any atom is -0.496 e. The molecule has 1 aromatic rings. The SMILES string of the molecule is COc1ccccc1SCCCC(C)(N)CO. The van der Waals surface area contributed by atoms with Crippen LogP contribution >= 0.6 is 11.8 Å². The van der Waals surface area contributed by atoms with Gasteiger partial charge < -0.3 is 15.6 Å². The van der Waals surface area contributed by atoms with Gasteiger partial charge in [0.1, 0.15) is 5.75 Å². The van der Waals surface area contributed by atoms with Crippen LogP contribution in [0, 0.1) is 0 Å². The van der Waals surface area contributed by atoms with E-state index in [9.17, 15) is 0 Å². The van der Waals surface area contributed by atoms with Crippen molar-refractivity contribution in [3.8, 4) is 5.75 Å². The van der Waals surface area contributed by atoms with Gasteiger partial charge in [-0.3, -0.25) is 0 Å². The smallest absolute Gasteiger partial charge is 0.132 e. The third-order valence-electron chi connectivity index (χ3n) is 2.58. The van der Waals surface area contributed by atoms with E-state index in [0.717, 1.165) is 29.2 Å². The summed E-state index contributed by atoms with van der Waals surface area (Å²) in [6.07, 6.45) is 1.81. The summed E-state index contributed by atoms with van der Waals surface area (Å²) in [5.41, 5.74) is 5.41. The van der Waals surface area contributed by atoms with Gasteiger partial charge in [0.15, 0.2) is 0 Å². The Morgan fingerprint density at radius 2 is 2.12 bits per heavy atom. The first-order valence-electron chi connectivity index (χ1n) is 5.74. The molecular weight excluding hydrogens is 234 g/mol. The summed E-state index contributed by atoms with van der Waals surface area (Å²) in [5.74, 6) is 1.89. The zero-order valence-electron chi connectivity index (χ0n) is 10.5. The number of ether oxygens (including phenoxy) is 1. The lowest BCUT2D eigenvalue weighted by atomic mass is 9.99. The molecule has 0 saturated heterocycles. The second kappa shape index (κ2) is 6.89. The fourth-order valence-electron chi connectivity index (χ4n) is 1.48. The average molecular weight is 255 g/mol. The predicted octanol–water partition coefficient (Wildman–Crippen LogP) is 2.28. The highest BCUT2D eigenvalue weighted by Crippen LogP contribution is 2.29. The third kappa shape index (κ3) is 4.98. The van der Waals surface area contributed by atoms with Crippen LogP contribution in [0.1, 0.15) is 19.8 Å². The molecule has 3 nitrogen and oxygen atoms in total. The van der Waals surface area contributed by atoms with Crippen LogP contribution in [0.5, 0.6) is 5.75 Å². The summed E-state index contributed by atoms with van der Waals surface area (Å²) in [5, 5.41) is 9.04. The first-order valence-corrected chi connectivity index (χ1v) is 6.73. The zero-order chi connectivity index (χ0) is 12.7. The molecule has 0 saturated carbocycles. The van der Waals surface area contributed by atoms with Gasteiger partial charge in [-0.2, -0.15) is 0 Å². The highest BCUT2D eigenvalue weighted by molar-refractivity contribution is 7.99. The Labute approximate surface area is 107 Å². The number of rotatable bonds is 7. The molecule has 1 atom stereocenters. The van der Waals surface area contributed by atoms with E-state index in [1.54, 1.807) is 18.9 Å². The van der Waals surface area contributed by atoms with Gasteiger partial charge in [-0.1, -0.05) is 12.1 Å². The number of nitrogens with two attached hydrogens (primary N) is 1. The van der Waals surface area contributed by atoms with Gasteiger partial charge in [0, 0.05) is 10.4 Å². The maximum atomic E-state index is 9.04. The highest BCUT2D eigenvalue weighted by atomic mass is 32.2. The normalized spacial score (nSPS) is 14.4. The molecule has 0 aromatic heterocycles. The molecule has 0 aliphatic rings. The van der Waals surface area contributed by atoms with Gasteiger partial charge in [-0.15, -0.1) is 11.8 Å². The molecule has 0 fully saturated rings. The number of para-hydroxylation sites is 1. The lowest BCUT2D eigenvalue weighted by Gasteiger charge is -2.21. The van der Waals surface area contributed by atoms with Crippen molar-refractivity contribution >= 4 is 11.8 Å². The third-order valence-corrected chi connectivity index (χ3v) is 3.72. The number of hydrogen-bond acceptors (Lipinski definition) is 4. The predicted molar refractivity (Wildman–Crippen MR) is 72.6 cm³/mol. The van der Waals surface area contributed by atoms with Crippen molar-refractivity contribution in [2.45, 2.75) is 30.2 Å². The maximum Gasteiger partial charge on any atom is 0.132 e. The van der Waals surface area contributed by atoms with E-state index < -0.39 is 5.54 Å².